The smallest absolute Gasteiger partial charge is 0.165 e. The van der Waals surface area contributed by atoms with Gasteiger partial charge in [-0.25, -0.2) is 15.0 Å². The Morgan fingerprint density at radius 1 is 1.12 bits per heavy atom. The number of aromatic nitrogens is 5. The lowest BCUT2D eigenvalue weighted by atomic mass is 10.2. The number of fused-ring (bicyclic) bond motifs is 1. The number of pyridine rings is 1. The highest BCUT2D eigenvalue weighted by molar-refractivity contribution is 5.83. The standard InChI is InChI=1S/C17H17N7/c1-2-13-3-4-14(19-9-13)10-24-12-22-15-16(20-11-21-17(15)24)23-7-5-18-6-8-23/h1,3-4,9,11-12,18H,5-8,10H2. The third-order valence-electron chi connectivity index (χ3n) is 4.12. The number of rotatable bonds is 3. The molecule has 7 heteroatoms. The van der Waals surface area contributed by atoms with Crippen LogP contribution in [0.5, 0.6) is 0 Å². The van der Waals surface area contributed by atoms with Gasteiger partial charge >= 0.3 is 0 Å². The van der Waals surface area contributed by atoms with Crippen LogP contribution in [0.1, 0.15) is 11.3 Å². The Morgan fingerprint density at radius 2 is 2.00 bits per heavy atom. The average molecular weight is 319 g/mol. The van der Waals surface area contributed by atoms with Gasteiger partial charge in [0, 0.05) is 37.9 Å². The third kappa shape index (κ3) is 2.68. The zero-order chi connectivity index (χ0) is 16.4. The molecule has 0 unspecified atom stereocenters. The largest absolute Gasteiger partial charge is 0.352 e. The maximum Gasteiger partial charge on any atom is 0.165 e. The van der Waals surface area contributed by atoms with Crippen LogP contribution in [0.25, 0.3) is 11.2 Å². The molecule has 24 heavy (non-hydrogen) atoms. The van der Waals surface area contributed by atoms with Crippen molar-refractivity contribution < 1.29 is 0 Å². The number of piperazine rings is 1. The first-order chi connectivity index (χ1) is 11.8. The summed E-state index contributed by atoms with van der Waals surface area (Å²) in [5.74, 6) is 3.47. The molecule has 3 aromatic rings. The van der Waals surface area contributed by atoms with Gasteiger partial charge in [0.15, 0.2) is 17.0 Å². The molecular weight excluding hydrogens is 302 g/mol. The summed E-state index contributed by atoms with van der Waals surface area (Å²) in [6, 6.07) is 3.82. The van der Waals surface area contributed by atoms with Crippen LogP contribution in [0.3, 0.4) is 0 Å². The molecule has 1 N–H and O–H groups in total. The van der Waals surface area contributed by atoms with Crippen molar-refractivity contribution in [2.75, 3.05) is 31.1 Å². The van der Waals surface area contributed by atoms with Gasteiger partial charge in [-0.1, -0.05) is 5.92 Å². The second-order valence-corrected chi connectivity index (χ2v) is 5.66. The van der Waals surface area contributed by atoms with E-state index in [-0.39, 0.29) is 0 Å². The van der Waals surface area contributed by atoms with Crippen molar-refractivity contribution in [3.8, 4) is 12.3 Å². The molecule has 0 amide bonds. The first-order valence-corrected chi connectivity index (χ1v) is 7.88. The molecule has 1 aliphatic rings. The van der Waals surface area contributed by atoms with Crippen molar-refractivity contribution in [2.45, 2.75) is 6.54 Å². The Labute approximate surface area is 139 Å². The van der Waals surface area contributed by atoms with Gasteiger partial charge in [-0.3, -0.25) is 4.98 Å². The highest BCUT2D eigenvalue weighted by Gasteiger charge is 2.18. The van der Waals surface area contributed by atoms with E-state index in [0.29, 0.717) is 6.54 Å². The number of imidazole rings is 1. The first kappa shape index (κ1) is 14.6. The minimum atomic E-state index is 0.597. The molecular formula is C17H17N7. The molecule has 0 aliphatic carbocycles. The Hall–Kier alpha value is -2.98. The summed E-state index contributed by atoms with van der Waals surface area (Å²) in [6.07, 6.45) is 10.5. The highest BCUT2D eigenvalue weighted by Crippen LogP contribution is 2.22. The number of hydrogen-bond acceptors (Lipinski definition) is 6. The lowest BCUT2D eigenvalue weighted by Crippen LogP contribution is -2.44. The van der Waals surface area contributed by atoms with Crippen LogP contribution >= 0.6 is 0 Å². The molecule has 120 valence electrons. The van der Waals surface area contributed by atoms with Gasteiger partial charge in [0.05, 0.1) is 18.6 Å². The van der Waals surface area contributed by atoms with Crippen molar-refractivity contribution in [2.24, 2.45) is 0 Å². The van der Waals surface area contributed by atoms with Gasteiger partial charge < -0.3 is 14.8 Å². The summed E-state index contributed by atoms with van der Waals surface area (Å²) in [4.78, 5) is 20.0. The maximum atomic E-state index is 5.37. The summed E-state index contributed by atoms with van der Waals surface area (Å²) in [5, 5.41) is 3.35. The van der Waals surface area contributed by atoms with E-state index in [1.54, 1.807) is 18.9 Å². The number of nitrogens with zero attached hydrogens (tertiary/aromatic N) is 6. The molecule has 4 heterocycles. The van der Waals surface area contributed by atoms with E-state index in [0.717, 1.165) is 54.4 Å². The predicted molar refractivity (Wildman–Crippen MR) is 91.7 cm³/mol. The minimum Gasteiger partial charge on any atom is -0.352 e. The summed E-state index contributed by atoms with van der Waals surface area (Å²) in [5.41, 5.74) is 3.34. The molecule has 0 atom stereocenters. The summed E-state index contributed by atoms with van der Waals surface area (Å²) in [7, 11) is 0. The third-order valence-corrected chi connectivity index (χ3v) is 4.12. The van der Waals surface area contributed by atoms with Crippen LogP contribution in [-0.2, 0) is 6.54 Å². The number of terminal acetylenes is 1. The van der Waals surface area contributed by atoms with Gasteiger partial charge in [-0.2, -0.15) is 0 Å². The second-order valence-electron chi connectivity index (χ2n) is 5.66. The molecule has 4 rings (SSSR count). The number of hydrogen-bond donors (Lipinski definition) is 1. The van der Waals surface area contributed by atoms with Crippen molar-refractivity contribution >= 4 is 17.0 Å². The fraction of sp³-hybridized carbons (Fsp3) is 0.294. The molecule has 0 spiro atoms. The monoisotopic (exact) mass is 319 g/mol. The number of nitrogens with one attached hydrogen (secondary N) is 1. The minimum absolute atomic E-state index is 0.597. The first-order valence-electron chi connectivity index (χ1n) is 7.88. The fourth-order valence-corrected chi connectivity index (χ4v) is 2.87. The van der Waals surface area contributed by atoms with Gasteiger partial charge in [-0.15, -0.1) is 6.42 Å². The van der Waals surface area contributed by atoms with Crippen LogP contribution in [0, 0.1) is 12.3 Å². The highest BCUT2D eigenvalue weighted by atomic mass is 15.3. The van der Waals surface area contributed by atoms with E-state index in [4.69, 9.17) is 6.42 Å². The zero-order valence-corrected chi connectivity index (χ0v) is 13.2. The lowest BCUT2D eigenvalue weighted by Gasteiger charge is -2.28. The molecule has 0 aromatic carbocycles. The van der Waals surface area contributed by atoms with Crippen LogP contribution in [0.2, 0.25) is 0 Å². The van der Waals surface area contributed by atoms with E-state index in [1.807, 2.05) is 16.7 Å². The van der Waals surface area contributed by atoms with Crippen LogP contribution < -0.4 is 10.2 Å². The van der Waals surface area contributed by atoms with Gasteiger partial charge in [-0.05, 0) is 12.1 Å². The molecule has 1 saturated heterocycles. The van der Waals surface area contributed by atoms with Gasteiger partial charge in [0.2, 0.25) is 0 Å². The molecule has 1 fully saturated rings. The van der Waals surface area contributed by atoms with Crippen molar-refractivity contribution in [3.63, 3.8) is 0 Å². The quantitative estimate of drug-likeness (QED) is 0.715. The second kappa shape index (κ2) is 6.26. The molecule has 0 bridgehead atoms. The van der Waals surface area contributed by atoms with Crippen molar-refractivity contribution in [1.82, 2.24) is 29.8 Å². The Bertz CT molecular complexity index is 885. The Kier molecular flexibility index (Phi) is 3.81. The zero-order valence-electron chi connectivity index (χ0n) is 13.2. The summed E-state index contributed by atoms with van der Waals surface area (Å²) in [6.45, 7) is 4.36. The van der Waals surface area contributed by atoms with Crippen LogP contribution in [-0.4, -0.2) is 50.7 Å². The number of anilines is 1. The van der Waals surface area contributed by atoms with Gasteiger partial charge in [0.25, 0.3) is 0 Å². The SMILES string of the molecule is C#Cc1ccc(Cn2cnc3c(N4CCNCC4)ncnc32)nc1. The van der Waals surface area contributed by atoms with E-state index in [2.05, 4.69) is 36.1 Å². The van der Waals surface area contributed by atoms with Crippen LogP contribution in [0.4, 0.5) is 5.82 Å². The maximum absolute atomic E-state index is 5.37. The molecule has 0 radical (unpaired) electrons. The Balaban J connectivity index is 1.66. The average Bonchev–Trinajstić information content (AvgIpc) is 3.06. The predicted octanol–water partition coefficient (Wildman–Crippen LogP) is 0.660. The molecule has 7 nitrogen and oxygen atoms in total. The molecule has 3 aromatic heterocycles. The van der Waals surface area contributed by atoms with E-state index >= 15 is 0 Å². The van der Waals surface area contributed by atoms with Crippen molar-refractivity contribution in [3.05, 3.63) is 42.2 Å². The summed E-state index contributed by atoms with van der Waals surface area (Å²) >= 11 is 0. The molecule has 0 saturated carbocycles. The van der Waals surface area contributed by atoms with E-state index in [9.17, 15) is 0 Å². The van der Waals surface area contributed by atoms with Crippen LogP contribution in [0.15, 0.2) is 31.0 Å². The topological polar surface area (TPSA) is 71.8 Å². The van der Waals surface area contributed by atoms with E-state index in [1.165, 1.54) is 0 Å². The normalized spacial score (nSPS) is 14.7. The lowest BCUT2D eigenvalue weighted by molar-refractivity contribution is 0.586. The van der Waals surface area contributed by atoms with E-state index < -0.39 is 0 Å². The fourth-order valence-electron chi connectivity index (χ4n) is 2.87. The van der Waals surface area contributed by atoms with Crippen molar-refractivity contribution in [1.29, 1.82) is 0 Å². The molecule has 1 aliphatic heterocycles. The summed E-state index contributed by atoms with van der Waals surface area (Å²) < 4.78 is 1.99. The van der Waals surface area contributed by atoms with Gasteiger partial charge in [0.1, 0.15) is 6.33 Å². The Morgan fingerprint density at radius 3 is 2.75 bits per heavy atom.